The first kappa shape index (κ1) is 21.1. The molecule has 4 rings (SSSR count). The molecule has 2 aliphatic rings. The fraction of sp³-hybridized carbons (Fsp3) is 0.364. The fourth-order valence-electron chi connectivity index (χ4n) is 3.61. The molecule has 0 spiro atoms. The number of ether oxygens (including phenoxy) is 1. The number of aliphatic hydroxyl groups excluding tert-OH is 1. The van der Waals surface area contributed by atoms with Crippen molar-refractivity contribution >= 4 is 11.9 Å². The van der Waals surface area contributed by atoms with Crippen molar-refractivity contribution in [3.63, 3.8) is 0 Å². The van der Waals surface area contributed by atoms with E-state index in [1.807, 2.05) is 17.7 Å². The largest absolute Gasteiger partial charge is 0.394 e. The van der Waals surface area contributed by atoms with E-state index in [1.165, 1.54) is 12.1 Å². The SMILES string of the molecule is CC1=CNC(N[C@H]2CCOC2)=N[C@H]1n1ccc(C(=O)NC(CO)c2ccc(F)cc2)c1. The van der Waals surface area contributed by atoms with Crippen LogP contribution in [0, 0.1) is 5.82 Å². The van der Waals surface area contributed by atoms with Gasteiger partial charge in [0.1, 0.15) is 5.82 Å². The number of carbonyl (C=O) groups is 1. The minimum absolute atomic E-state index is 0.228. The number of aliphatic hydroxyl groups is 1. The highest BCUT2D eigenvalue weighted by Crippen LogP contribution is 2.23. The molecule has 1 aromatic heterocycles. The Labute approximate surface area is 179 Å². The lowest BCUT2D eigenvalue weighted by Crippen LogP contribution is -2.44. The number of nitrogens with one attached hydrogen (secondary N) is 3. The second-order valence-corrected chi connectivity index (χ2v) is 7.70. The molecule has 0 saturated carbocycles. The zero-order chi connectivity index (χ0) is 21.8. The Morgan fingerprint density at radius 3 is 2.90 bits per heavy atom. The topological polar surface area (TPSA) is 99.9 Å². The average molecular weight is 427 g/mol. The maximum Gasteiger partial charge on any atom is 0.253 e. The Balaban J connectivity index is 1.45. The molecule has 0 bridgehead atoms. The van der Waals surface area contributed by atoms with Crippen LogP contribution in [-0.2, 0) is 4.74 Å². The molecule has 1 aromatic carbocycles. The summed E-state index contributed by atoms with van der Waals surface area (Å²) < 4.78 is 20.4. The van der Waals surface area contributed by atoms with Crippen LogP contribution in [0.4, 0.5) is 4.39 Å². The molecule has 3 atom stereocenters. The van der Waals surface area contributed by atoms with Crippen molar-refractivity contribution < 1.29 is 19.0 Å². The number of hydrogen-bond donors (Lipinski definition) is 4. The van der Waals surface area contributed by atoms with Gasteiger partial charge in [0.15, 0.2) is 12.1 Å². The first-order chi connectivity index (χ1) is 15.0. The molecule has 9 heteroatoms. The smallest absolute Gasteiger partial charge is 0.253 e. The summed E-state index contributed by atoms with van der Waals surface area (Å²) in [6, 6.07) is 7.00. The van der Waals surface area contributed by atoms with Gasteiger partial charge in [-0.05, 0) is 42.7 Å². The molecule has 0 radical (unpaired) electrons. The summed E-state index contributed by atoms with van der Waals surface area (Å²) in [4.78, 5) is 17.5. The molecule has 4 N–H and O–H groups in total. The number of carbonyl (C=O) groups excluding carboxylic acids is 1. The monoisotopic (exact) mass is 427 g/mol. The van der Waals surface area contributed by atoms with Crippen LogP contribution in [0.2, 0.25) is 0 Å². The number of benzene rings is 1. The fourth-order valence-corrected chi connectivity index (χ4v) is 3.61. The van der Waals surface area contributed by atoms with Crippen LogP contribution in [0.3, 0.4) is 0 Å². The van der Waals surface area contributed by atoms with Crippen molar-refractivity contribution in [3.8, 4) is 0 Å². The molecule has 0 aliphatic carbocycles. The Hall–Kier alpha value is -3.17. The highest BCUT2D eigenvalue weighted by atomic mass is 19.1. The van der Waals surface area contributed by atoms with E-state index >= 15 is 0 Å². The van der Waals surface area contributed by atoms with Crippen molar-refractivity contribution in [1.29, 1.82) is 0 Å². The standard InChI is InChI=1S/C22H26FN5O3/c1-14-10-24-22(25-18-7-9-31-13-18)27-20(14)28-8-6-16(11-28)21(30)26-19(12-29)15-2-4-17(23)5-3-15/h2-6,8,10-11,18-20,29H,7,9,12-13H2,1H3,(H,26,30)(H2,24,25,27)/t18-,19?,20-/m0/s1. The summed E-state index contributed by atoms with van der Waals surface area (Å²) in [7, 11) is 0. The highest BCUT2D eigenvalue weighted by molar-refractivity contribution is 5.94. The third-order valence-corrected chi connectivity index (χ3v) is 5.38. The van der Waals surface area contributed by atoms with Gasteiger partial charge in [-0.3, -0.25) is 4.79 Å². The number of guanidine groups is 1. The minimum atomic E-state index is -0.626. The highest BCUT2D eigenvalue weighted by Gasteiger charge is 2.22. The maximum absolute atomic E-state index is 13.2. The van der Waals surface area contributed by atoms with Crippen LogP contribution in [0.5, 0.6) is 0 Å². The number of hydrogen-bond acceptors (Lipinski definition) is 6. The average Bonchev–Trinajstić information content (AvgIpc) is 3.46. The molecule has 1 saturated heterocycles. The zero-order valence-electron chi connectivity index (χ0n) is 17.2. The van der Waals surface area contributed by atoms with E-state index < -0.39 is 6.04 Å². The zero-order valence-corrected chi connectivity index (χ0v) is 17.2. The van der Waals surface area contributed by atoms with E-state index in [-0.39, 0.29) is 30.5 Å². The Bertz CT molecular complexity index is 979. The molecule has 8 nitrogen and oxygen atoms in total. The van der Waals surface area contributed by atoms with Gasteiger partial charge in [-0.1, -0.05) is 12.1 Å². The van der Waals surface area contributed by atoms with Crippen LogP contribution in [0.25, 0.3) is 0 Å². The van der Waals surface area contributed by atoms with Gasteiger partial charge < -0.3 is 30.4 Å². The quantitative estimate of drug-likeness (QED) is 0.564. The third-order valence-electron chi connectivity index (χ3n) is 5.38. The van der Waals surface area contributed by atoms with Gasteiger partial charge in [-0.15, -0.1) is 0 Å². The van der Waals surface area contributed by atoms with E-state index in [0.717, 1.165) is 18.6 Å². The second-order valence-electron chi connectivity index (χ2n) is 7.70. The van der Waals surface area contributed by atoms with Gasteiger partial charge in [0, 0.05) is 25.2 Å². The van der Waals surface area contributed by atoms with E-state index in [9.17, 15) is 14.3 Å². The predicted molar refractivity (Wildman–Crippen MR) is 114 cm³/mol. The number of nitrogens with zero attached hydrogens (tertiary/aromatic N) is 2. The van der Waals surface area contributed by atoms with Gasteiger partial charge >= 0.3 is 0 Å². The first-order valence-corrected chi connectivity index (χ1v) is 10.2. The number of amides is 1. The Kier molecular flexibility index (Phi) is 6.34. The molecule has 164 valence electrons. The van der Waals surface area contributed by atoms with E-state index in [2.05, 4.69) is 16.0 Å². The summed E-state index contributed by atoms with van der Waals surface area (Å²) in [5, 5.41) is 19.0. The normalized spacial score (nSPS) is 21.6. The molecule has 2 aromatic rings. The van der Waals surface area contributed by atoms with E-state index in [0.29, 0.717) is 23.7 Å². The number of aliphatic imine (C=N–C) groups is 1. The second kappa shape index (κ2) is 9.32. The Morgan fingerprint density at radius 2 is 2.19 bits per heavy atom. The van der Waals surface area contributed by atoms with Crippen LogP contribution < -0.4 is 16.0 Å². The third kappa shape index (κ3) is 4.95. The van der Waals surface area contributed by atoms with Gasteiger partial charge in [0.05, 0.1) is 30.9 Å². The molecule has 1 amide bonds. The van der Waals surface area contributed by atoms with Gasteiger partial charge in [0.2, 0.25) is 0 Å². The summed E-state index contributed by atoms with van der Waals surface area (Å²) >= 11 is 0. The van der Waals surface area contributed by atoms with Gasteiger partial charge in [0.25, 0.3) is 5.91 Å². The number of rotatable bonds is 6. The molecule has 31 heavy (non-hydrogen) atoms. The molecular formula is C22H26FN5O3. The van der Waals surface area contributed by atoms with Crippen molar-refractivity contribution in [2.45, 2.75) is 31.6 Å². The van der Waals surface area contributed by atoms with E-state index in [4.69, 9.17) is 9.73 Å². The van der Waals surface area contributed by atoms with Gasteiger partial charge in [-0.25, -0.2) is 9.38 Å². The molecule has 1 fully saturated rings. The van der Waals surface area contributed by atoms with Crippen molar-refractivity contribution in [3.05, 3.63) is 71.4 Å². The number of halogens is 1. The van der Waals surface area contributed by atoms with Crippen LogP contribution in [0.1, 0.15) is 41.5 Å². The molecule has 2 aliphatic heterocycles. The summed E-state index contributed by atoms with van der Waals surface area (Å²) in [6.45, 7) is 3.07. The molecule has 3 heterocycles. The minimum Gasteiger partial charge on any atom is -0.394 e. The Morgan fingerprint density at radius 1 is 1.39 bits per heavy atom. The predicted octanol–water partition coefficient (Wildman–Crippen LogP) is 1.83. The first-order valence-electron chi connectivity index (χ1n) is 10.2. The van der Waals surface area contributed by atoms with Gasteiger partial charge in [-0.2, -0.15) is 0 Å². The summed E-state index contributed by atoms with van der Waals surface area (Å²) in [6.07, 6.45) is 6.07. The van der Waals surface area contributed by atoms with Crippen molar-refractivity contribution in [2.75, 3.05) is 19.8 Å². The summed E-state index contributed by atoms with van der Waals surface area (Å²) in [5.74, 6) is -0.0327. The van der Waals surface area contributed by atoms with Crippen molar-refractivity contribution in [2.24, 2.45) is 4.99 Å². The maximum atomic E-state index is 13.2. The lowest BCUT2D eigenvalue weighted by Gasteiger charge is -2.24. The van der Waals surface area contributed by atoms with Crippen LogP contribution in [-0.4, -0.2) is 47.4 Å². The van der Waals surface area contributed by atoms with Crippen molar-refractivity contribution in [1.82, 2.24) is 20.5 Å². The summed E-state index contributed by atoms with van der Waals surface area (Å²) in [5.41, 5.74) is 2.07. The van der Waals surface area contributed by atoms with Crippen LogP contribution >= 0.6 is 0 Å². The molecule has 1 unspecified atom stereocenters. The number of aromatic nitrogens is 1. The lowest BCUT2D eigenvalue weighted by atomic mass is 10.1. The van der Waals surface area contributed by atoms with E-state index in [1.54, 1.807) is 30.6 Å². The lowest BCUT2D eigenvalue weighted by molar-refractivity contribution is 0.0916. The van der Waals surface area contributed by atoms with Crippen LogP contribution in [0.15, 0.2) is 59.5 Å². The molecular weight excluding hydrogens is 401 g/mol.